The highest BCUT2D eigenvalue weighted by Crippen LogP contribution is 2.30. The molecule has 4 nitrogen and oxygen atoms in total. The Morgan fingerprint density at radius 1 is 1.18 bits per heavy atom. The van der Waals surface area contributed by atoms with Gasteiger partial charge >= 0.3 is 0 Å². The van der Waals surface area contributed by atoms with E-state index in [1.165, 1.54) is 0 Å². The quantitative estimate of drug-likeness (QED) is 0.484. The molecule has 1 aromatic carbocycles. The number of carbonyl (C=O) groups is 1. The van der Waals surface area contributed by atoms with Crippen LogP contribution in [0.5, 0.6) is 0 Å². The van der Waals surface area contributed by atoms with E-state index in [1.807, 2.05) is 92.6 Å². The zero-order chi connectivity index (χ0) is 24.2. The van der Waals surface area contributed by atoms with Crippen molar-refractivity contribution in [2.75, 3.05) is 26.7 Å². The van der Waals surface area contributed by atoms with E-state index in [1.54, 1.807) is 12.2 Å². The molecular formula is C29H38N2O2. The van der Waals surface area contributed by atoms with E-state index in [9.17, 15) is 9.90 Å². The fraction of sp³-hybridized carbons (Fsp3) is 0.345. The summed E-state index contributed by atoms with van der Waals surface area (Å²) in [5.74, 6) is -0.429. The van der Waals surface area contributed by atoms with Crippen molar-refractivity contribution in [1.82, 2.24) is 9.80 Å². The predicted octanol–water partition coefficient (Wildman–Crippen LogP) is 5.04. The van der Waals surface area contributed by atoms with Crippen LogP contribution in [0.25, 0.3) is 0 Å². The van der Waals surface area contributed by atoms with Crippen LogP contribution in [-0.4, -0.2) is 59.6 Å². The number of allylic oxidation sites excluding steroid dienone is 7. The number of β-amino-alcohol motifs (C(OH)–C–C–N with tert-alkyl or cyclic N) is 1. The fourth-order valence-corrected chi connectivity index (χ4v) is 4.31. The van der Waals surface area contributed by atoms with Gasteiger partial charge in [-0.2, -0.15) is 0 Å². The van der Waals surface area contributed by atoms with Crippen LogP contribution < -0.4 is 0 Å². The molecule has 176 valence electrons. The van der Waals surface area contributed by atoms with Crippen molar-refractivity contribution in [3.8, 4) is 0 Å². The van der Waals surface area contributed by atoms with Crippen molar-refractivity contribution in [2.24, 2.45) is 0 Å². The number of aliphatic hydroxyl groups excluding tert-OH is 1. The zero-order valence-electron chi connectivity index (χ0n) is 20.2. The van der Waals surface area contributed by atoms with Crippen molar-refractivity contribution >= 4 is 5.91 Å². The predicted molar refractivity (Wildman–Crippen MR) is 139 cm³/mol. The Hall–Kier alpha value is -2.95. The standard InChI is InChI=1S/C29H38N2O2/c1-6-10-16-23(9-4)27(22-31-20-19-26(32)21-31)30(5)29(33)28(24(14-7-2)15-8-3)25-17-12-11-13-18-25/h6-18,26-28,32H,1-2,19-22H2,3-5H3/b15-8-,16-10-,23-9+,24-14+/t26-,27?,28?/m0/s1. The highest BCUT2D eigenvalue weighted by molar-refractivity contribution is 5.88. The molecule has 1 aliphatic heterocycles. The number of aliphatic hydroxyl groups is 1. The first-order valence-corrected chi connectivity index (χ1v) is 11.6. The minimum absolute atomic E-state index is 0.0171. The van der Waals surface area contributed by atoms with Crippen LogP contribution in [0.2, 0.25) is 0 Å². The fourth-order valence-electron chi connectivity index (χ4n) is 4.31. The molecule has 0 aliphatic carbocycles. The average Bonchev–Trinajstić information content (AvgIpc) is 3.24. The molecule has 33 heavy (non-hydrogen) atoms. The molecule has 0 spiro atoms. The van der Waals surface area contributed by atoms with Crippen LogP contribution in [-0.2, 0) is 4.79 Å². The van der Waals surface area contributed by atoms with Crippen molar-refractivity contribution in [2.45, 2.75) is 38.3 Å². The zero-order valence-corrected chi connectivity index (χ0v) is 20.2. The first-order chi connectivity index (χ1) is 16.0. The summed E-state index contributed by atoms with van der Waals surface area (Å²) in [6.45, 7) is 13.7. The summed E-state index contributed by atoms with van der Waals surface area (Å²) in [6.07, 6.45) is 15.7. The van der Waals surface area contributed by atoms with Crippen LogP contribution in [0.1, 0.15) is 31.7 Å². The van der Waals surface area contributed by atoms with E-state index in [0.717, 1.165) is 29.7 Å². The molecule has 4 heteroatoms. The highest BCUT2D eigenvalue weighted by Gasteiger charge is 2.33. The van der Waals surface area contributed by atoms with Gasteiger partial charge in [-0.05, 0) is 37.0 Å². The summed E-state index contributed by atoms with van der Waals surface area (Å²) in [6, 6.07) is 9.72. The van der Waals surface area contributed by atoms with Crippen molar-refractivity contribution < 1.29 is 9.90 Å². The molecule has 2 rings (SSSR count). The van der Waals surface area contributed by atoms with Gasteiger partial charge in [0.15, 0.2) is 0 Å². The largest absolute Gasteiger partial charge is 0.392 e. The third kappa shape index (κ3) is 7.28. The average molecular weight is 447 g/mol. The van der Waals surface area contributed by atoms with E-state index in [0.29, 0.717) is 13.1 Å². The number of likely N-dealkylation sites (tertiary alicyclic amines) is 1. The van der Waals surface area contributed by atoms with Crippen molar-refractivity contribution in [3.63, 3.8) is 0 Å². The normalized spacial score (nSPS) is 19.7. The molecule has 0 saturated carbocycles. The van der Waals surface area contributed by atoms with E-state index in [-0.39, 0.29) is 18.1 Å². The number of likely N-dealkylation sites (N-methyl/N-ethyl adjacent to an activating group) is 1. The van der Waals surface area contributed by atoms with Gasteiger partial charge in [0.25, 0.3) is 0 Å². The Labute approximate surface area is 199 Å². The first-order valence-electron chi connectivity index (χ1n) is 11.6. The lowest BCUT2D eigenvalue weighted by Crippen LogP contribution is -2.47. The lowest BCUT2D eigenvalue weighted by Gasteiger charge is -2.35. The van der Waals surface area contributed by atoms with Gasteiger partial charge < -0.3 is 10.0 Å². The molecule has 3 atom stereocenters. The number of hydrogen-bond donors (Lipinski definition) is 1. The Morgan fingerprint density at radius 2 is 1.91 bits per heavy atom. The molecule has 1 aromatic rings. The Balaban J connectivity index is 2.49. The molecule has 1 saturated heterocycles. The summed E-state index contributed by atoms with van der Waals surface area (Å²) in [5.41, 5.74) is 2.88. The van der Waals surface area contributed by atoms with Gasteiger partial charge in [-0.3, -0.25) is 9.69 Å². The van der Waals surface area contributed by atoms with E-state index < -0.39 is 5.92 Å². The van der Waals surface area contributed by atoms with Crippen LogP contribution in [0.15, 0.2) is 103 Å². The molecule has 2 unspecified atom stereocenters. The number of hydrogen-bond acceptors (Lipinski definition) is 3. The molecule has 1 amide bonds. The third-order valence-electron chi connectivity index (χ3n) is 6.02. The van der Waals surface area contributed by atoms with Gasteiger partial charge in [-0.15, -0.1) is 0 Å². The SMILES string of the molecule is C=C/C=C\C(=C/C)C(CN1CC[C@H](O)C1)N(C)C(=O)C(C(/C=C\C)=C/C=C)c1ccccc1. The molecule has 1 fully saturated rings. The molecule has 0 aromatic heterocycles. The van der Waals surface area contributed by atoms with Crippen molar-refractivity contribution in [1.29, 1.82) is 0 Å². The number of amides is 1. The van der Waals surface area contributed by atoms with Gasteiger partial charge in [0.05, 0.1) is 18.1 Å². The van der Waals surface area contributed by atoms with Gasteiger partial charge in [-0.25, -0.2) is 0 Å². The topological polar surface area (TPSA) is 43.8 Å². The van der Waals surface area contributed by atoms with Crippen LogP contribution in [0.3, 0.4) is 0 Å². The van der Waals surface area contributed by atoms with Crippen molar-refractivity contribution in [3.05, 3.63) is 109 Å². The number of benzene rings is 1. The maximum absolute atomic E-state index is 14.1. The van der Waals surface area contributed by atoms with Gasteiger partial charge in [-0.1, -0.05) is 92.1 Å². The number of rotatable bonds is 11. The monoisotopic (exact) mass is 446 g/mol. The Kier molecular flexibility index (Phi) is 10.8. The van der Waals surface area contributed by atoms with Gasteiger partial charge in [0.2, 0.25) is 5.91 Å². The summed E-state index contributed by atoms with van der Waals surface area (Å²) in [7, 11) is 1.88. The summed E-state index contributed by atoms with van der Waals surface area (Å²) >= 11 is 0. The van der Waals surface area contributed by atoms with E-state index in [4.69, 9.17) is 0 Å². The highest BCUT2D eigenvalue weighted by atomic mass is 16.3. The van der Waals surface area contributed by atoms with Gasteiger partial charge in [0.1, 0.15) is 0 Å². The molecule has 1 aliphatic rings. The Bertz CT molecular complexity index is 911. The minimum atomic E-state index is -0.446. The van der Waals surface area contributed by atoms with Crippen LogP contribution in [0.4, 0.5) is 0 Å². The second-order valence-electron chi connectivity index (χ2n) is 8.30. The summed E-state index contributed by atoms with van der Waals surface area (Å²) < 4.78 is 0. The summed E-state index contributed by atoms with van der Waals surface area (Å²) in [4.78, 5) is 18.2. The number of nitrogens with zero attached hydrogens (tertiary/aromatic N) is 2. The Morgan fingerprint density at radius 3 is 2.45 bits per heavy atom. The maximum atomic E-state index is 14.1. The second kappa shape index (κ2) is 13.6. The molecular weight excluding hydrogens is 408 g/mol. The molecule has 0 radical (unpaired) electrons. The van der Waals surface area contributed by atoms with Gasteiger partial charge in [0, 0.05) is 26.7 Å². The van der Waals surface area contributed by atoms with E-state index in [2.05, 4.69) is 18.1 Å². The molecule has 0 bridgehead atoms. The number of carbonyl (C=O) groups excluding carboxylic acids is 1. The first kappa shape index (κ1) is 26.3. The van der Waals surface area contributed by atoms with Crippen LogP contribution >= 0.6 is 0 Å². The minimum Gasteiger partial charge on any atom is -0.392 e. The lowest BCUT2D eigenvalue weighted by molar-refractivity contribution is -0.132. The molecule has 1 heterocycles. The molecule has 1 N–H and O–H groups in total. The maximum Gasteiger partial charge on any atom is 0.234 e. The van der Waals surface area contributed by atoms with Crippen LogP contribution in [0, 0.1) is 0 Å². The summed E-state index contributed by atoms with van der Waals surface area (Å²) in [5, 5.41) is 10.0. The van der Waals surface area contributed by atoms with E-state index >= 15 is 0 Å². The second-order valence-corrected chi connectivity index (χ2v) is 8.30. The third-order valence-corrected chi connectivity index (χ3v) is 6.02. The smallest absolute Gasteiger partial charge is 0.234 e. The lowest BCUT2D eigenvalue weighted by atomic mass is 9.88.